The first-order valence-corrected chi connectivity index (χ1v) is 6.98. The fraction of sp³-hybridized carbons (Fsp3) is 0.400. The molecule has 0 atom stereocenters. The van der Waals surface area contributed by atoms with Crippen molar-refractivity contribution in [2.24, 2.45) is 0 Å². The van der Waals surface area contributed by atoms with Gasteiger partial charge < -0.3 is 14.8 Å². The maximum absolute atomic E-state index is 10.4. The van der Waals surface area contributed by atoms with Gasteiger partial charge in [-0.25, -0.2) is 0 Å². The molecule has 2 N–H and O–H groups in total. The van der Waals surface area contributed by atoms with E-state index in [4.69, 9.17) is 30.3 Å². The zero-order valence-corrected chi connectivity index (χ0v) is 15.0. The molecule has 1 aliphatic rings. The van der Waals surface area contributed by atoms with Gasteiger partial charge in [0.15, 0.2) is 0 Å². The Labute approximate surface area is 153 Å². The van der Waals surface area contributed by atoms with Crippen molar-refractivity contribution < 1.29 is 45.2 Å². The zero-order valence-electron chi connectivity index (χ0n) is 13.0. The first-order valence-electron chi connectivity index (χ1n) is 6.98. The van der Waals surface area contributed by atoms with E-state index in [1.165, 1.54) is 12.8 Å². The van der Waals surface area contributed by atoms with E-state index in [1.807, 2.05) is 30.5 Å². The molecule has 0 bridgehead atoms. The molecule has 9 heteroatoms. The monoisotopic (exact) mass is 419 g/mol. The van der Waals surface area contributed by atoms with Crippen molar-refractivity contribution in [3.63, 3.8) is 0 Å². The molecule has 3 rings (SSSR count). The zero-order chi connectivity index (χ0) is 17.5. The number of fused-ring (bicyclic) bond motifs is 1. The summed E-state index contributed by atoms with van der Waals surface area (Å²) < 4.78 is 19.4. The average Bonchev–Trinajstić information content (AvgIpc) is 3.30. The summed E-state index contributed by atoms with van der Waals surface area (Å²) in [7, 11) is 0. The van der Waals surface area contributed by atoms with Crippen LogP contribution in [0, 0.1) is 10.9 Å². The van der Waals surface area contributed by atoms with Gasteiger partial charge in [0.25, 0.3) is 0 Å². The SMILES string of the molecule is C1CCOC1.N#[O+].N#[O+].O=C(O)CCc1c[nH]c2ccccc12.[Mo]. The van der Waals surface area contributed by atoms with Crippen molar-refractivity contribution in [3.8, 4) is 0 Å². The Morgan fingerprint density at radius 3 is 2.25 bits per heavy atom. The second kappa shape index (κ2) is 16.1. The van der Waals surface area contributed by atoms with E-state index in [-0.39, 0.29) is 27.5 Å². The number of rotatable bonds is 3. The largest absolute Gasteiger partial charge is 0.481 e. The van der Waals surface area contributed by atoms with Gasteiger partial charge in [0.1, 0.15) is 0 Å². The van der Waals surface area contributed by atoms with Crippen molar-refractivity contribution in [2.45, 2.75) is 25.7 Å². The normalized spacial score (nSPS) is 11.3. The van der Waals surface area contributed by atoms with Crippen molar-refractivity contribution in [2.75, 3.05) is 13.2 Å². The predicted molar refractivity (Wildman–Crippen MR) is 79.1 cm³/mol. The molecule has 2 heterocycles. The van der Waals surface area contributed by atoms with Gasteiger partial charge in [-0.2, -0.15) is 0 Å². The molecule has 128 valence electrons. The number of nitrogens with one attached hydrogen (secondary N) is 1. The van der Waals surface area contributed by atoms with Crippen molar-refractivity contribution in [3.05, 3.63) is 36.0 Å². The third-order valence-electron chi connectivity index (χ3n) is 3.11. The fourth-order valence-electron chi connectivity index (χ4n) is 2.09. The Morgan fingerprint density at radius 2 is 1.75 bits per heavy atom. The van der Waals surface area contributed by atoms with Crippen molar-refractivity contribution in [1.29, 1.82) is 10.9 Å². The number of aliphatic carboxylic acids is 1. The molecular formula is C15H19MoN3O5+2. The summed E-state index contributed by atoms with van der Waals surface area (Å²) in [5.74, 6) is -0.754. The first kappa shape index (κ1) is 24.5. The molecule has 0 aliphatic carbocycles. The first-order chi connectivity index (χ1) is 11.3. The molecular weight excluding hydrogens is 398 g/mol. The number of para-hydroxylation sites is 1. The maximum Gasteiger partial charge on any atom is 0.303 e. The van der Waals surface area contributed by atoms with E-state index in [0.717, 1.165) is 29.7 Å². The second-order valence-electron chi connectivity index (χ2n) is 4.57. The summed E-state index contributed by atoms with van der Waals surface area (Å²) in [6, 6.07) is 7.91. The molecule has 0 saturated carbocycles. The molecule has 2 aromatic rings. The van der Waals surface area contributed by atoms with E-state index < -0.39 is 5.97 Å². The standard InChI is InChI=1S/C11H11NO2.C4H8O.Mo.2NO/c13-11(14)6-5-8-7-12-10-4-2-1-3-9(8)10;1-2-4-5-3-1;;2*1-2/h1-4,7,12H,5-6H2,(H,13,14);1-4H2;;;/q;;;2*+1. The molecule has 1 aromatic heterocycles. The predicted octanol–water partition coefficient (Wildman–Crippen LogP) is 2.77. The van der Waals surface area contributed by atoms with E-state index in [0.29, 0.717) is 6.42 Å². The van der Waals surface area contributed by atoms with Gasteiger partial charge >= 0.3 is 26.4 Å². The molecule has 1 saturated heterocycles. The van der Waals surface area contributed by atoms with E-state index >= 15 is 0 Å². The van der Waals surface area contributed by atoms with Crippen LogP contribution in [0.4, 0.5) is 0 Å². The molecule has 24 heavy (non-hydrogen) atoms. The summed E-state index contributed by atoms with van der Waals surface area (Å²) >= 11 is 0. The average molecular weight is 417 g/mol. The quantitative estimate of drug-likeness (QED) is 0.582. The number of aryl methyl sites for hydroxylation is 1. The number of carbonyl (C=O) groups is 1. The van der Waals surface area contributed by atoms with Crippen LogP contribution in [0.5, 0.6) is 0 Å². The van der Waals surface area contributed by atoms with Crippen LogP contribution in [-0.4, -0.2) is 29.3 Å². The van der Waals surface area contributed by atoms with Gasteiger partial charge in [-0.1, -0.05) is 18.2 Å². The number of hydrogen-bond acceptors (Lipinski definition) is 4. The summed E-state index contributed by atoms with van der Waals surface area (Å²) in [6.07, 6.45) is 5.20. The number of aromatic amines is 1. The Kier molecular flexibility index (Phi) is 16.4. The number of carboxylic acids is 1. The molecule has 0 unspecified atom stereocenters. The van der Waals surface area contributed by atoms with E-state index in [1.54, 1.807) is 0 Å². The van der Waals surface area contributed by atoms with Crippen LogP contribution >= 0.6 is 0 Å². The third-order valence-corrected chi connectivity index (χ3v) is 3.11. The van der Waals surface area contributed by atoms with Crippen LogP contribution in [0.1, 0.15) is 24.8 Å². The number of nitrogens with zero attached hydrogens (tertiary/aromatic N) is 2. The van der Waals surface area contributed by atoms with Gasteiger partial charge in [-0.3, -0.25) is 4.79 Å². The van der Waals surface area contributed by atoms with Gasteiger partial charge in [0.05, 0.1) is 0 Å². The van der Waals surface area contributed by atoms with Crippen molar-refractivity contribution in [1.82, 2.24) is 4.98 Å². The third kappa shape index (κ3) is 9.38. The summed E-state index contributed by atoms with van der Waals surface area (Å²) in [5.41, 5.74) is 13.6. The molecule has 8 nitrogen and oxygen atoms in total. The summed E-state index contributed by atoms with van der Waals surface area (Å²) in [4.78, 5) is 13.5. The van der Waals surface area contributed by atoms with Crippen LogP contribution < -0.4 is 0 Å². The molecule has 0 radical (unpaired) electrons. The minimum atomic E-state index is -0.754. The Balaban J connectivity index is 0. The van der Waals surface area contributed by atoms with Crippen LogP contribution in [0.15, 0.2) is 30.5 Å². The van der Waals surface area contributed by atoms with Crippen LogP contribution in [0.25, 0.3) is 10.9 Å². The minimum Gasteiger partial charge on any atom is -0.481 e. The van der Waals surface area contributed by atoms with Crippen LogP contribution in [0.3, 0.4) is 0 Å². The second-order valence-corrected chi connectivity index (χ2v) is 4.57. The molecule has 1 aliphatic heterocycles. The molecule has 1 aromatic carbocycles. The summed E-state index contributed by atoms with van der Waals surface area (Å²) in [5, 5.41) is 9.69. The maximum atomic E-state index is 10.4. The smallest absolute Gasteiger partial charge is 0.303 e. The fourth-order valence-corrected chi connectivity index (χ4v) is 2.09. The number of hydrogen-bond donors (Lipinski definition) is 2. The summed E-state index contributed by atoms with van der Waals surface area (Å²) in [6.45, 7) is 2.00. The van der Waals surface area contributed by atoms with E-state index in [2.05, 4.69) is 4.98 Å². The minimum absolute atomic E-state index is 0. The van der Waals surface area contributed by atoms with E-state index in [9.17, 15) is 4.79 Å². The molecule has 1 fully saturated rings. The Bertz CT molecular complexity index is 609. The van der Waals surface area contributed by atoms with Gasteiger partial charge in [0, 0.05) is 57.8 Å². The van der Waals surface area contributed by atoms with Crippen LogP contribution in [0.2, 0.25) is 0 Å². The number of H-pyrrole nitrogens is 1. The van der Waals surface area contributed by atoms with Gasteiger partial charge in [-0.15, -0.1) is 0 Å². The molecule has 0 spiro atoms. The number of aromatic nitrogens is 1. The number of carboxylic acid groups (broad SMARTS) is 1. The van der Waals surface area contributed by atoms with Crippen LogP contribution in [-0.2, 0) is 46.6 Å². The Hall–Kier alpha value is -1.78. The Morgan fingerprint density at radius 1 is 1.17 bits per heavy atom. The number of ether oxygens (including phenoxy) is 1. The number of benzene rings is 1. The van der Waals surface area contributed by atoms with Crippen molar-refractivity contribution >= 4 is 16.9 Å². The van der Waals surface area contributed by atoms with Gasteiger partial charge in [-0.05, 0) is 30.9 Å². The topological polar surface area (TPSA) is 150 Å². The van der Waals surface area contributed by atoms with Gasteiger partial charge in [0.2, 0.25) is 0 Å². The molecule has 0 amide bonds.